The molecule has 0 saturated carbocycles. The summed E-state index contributed by atoms with van der Waals surface area (Å²) in [6.45, 7) is 3.04. The van der Waals surface area contributed by atoms with Gasteiger partial charge in [0.1, 0.15) is 24.3 Å². The van der Waals surface area contributed by atoms with E-state index in [4.69, 9.17) is 24.2 Å². The number of anilines is 1. The molecule has 200 valence electrons. The maximum atomic E-state index is 10.0. The number of benzene rings is 2. The van der Waals surface area contributed by atoms with E-state index in [1.165, 1.54) is 0 Å². The van der Waals surface area contributed by atoms with E-state index in [9.17, 15) is 5.11 Å². The van der Waals surface area contributed by atoms with Crippen LogP contribution in [0.2, 0.25) is 0 Å². The summed E-state index contributed by atoms with van der Waals surface area (Å²) in [5, 5.41) is 14.0. The zero-order valence-corrected chi connectivity index (χ0v) is 22.1. The van der Waals surface area contributed by atoms with Gasteiger partial charge in [-0.25, -0.2) is 9.97 Å². The van der Waals surface area contributed by atoms with Crippen molar-refractivity contribution < 1.29 is 19.3 Å². The third-order valence-electron chi connectivity index (χ3n) is 6.06. The Morgan fingerprint density at radius 1 is 0.947 bits per heavy atom. The second-order valence-electron chi connectivity index (χ2n) is 8.83. The van der Waals surface area contributed by atoms with Crippen LogP contribution in [0.15, 0.2) is 66.9 Å². The first-order chi connectivity index (χ1) is 18.6. The van der Waals surface area contributed by atoms with Crippen LogP contribution in [0.1, 0.15) is 0 Å². The predicted octanol–water partition coefficient (Wildman–Crippen LogP) is 3.42. The molecule has 0 bridgehead atoms. The predicted molar refractivity (Wildman–Crippen MR) is 150 cm³/mol. The maximum Gasteiger partial charge on any atom is 0.162 e. The molecule has 0 aliphatic heterocycles. The molecule has 2 heterocycles. The smallest absolute Gasteiger partial charge is 0.162 e. The largest absolute Gasteiger partial charge is 0.491 e. The van der Waals surface area contributed by atoms with Crippen LogP contribution in [0.4, 0.5) is 5.82 Å². The Labute approximate surface area is 223 Å². The van der Waals surface area contributed by atoms with Crippen LogP contribution < -0.4 is 15.0 Å². The van der Waals surface area contributed by atoms with Gasteiger partial charge in [0.2, 0.25) is 0 Å². The van der Waals surface area contributed by atoms with E-state index >= 15 is 0 Å². The summed E-state index contributed by atoms with van der Waals surface area (Å²) < 4.78 is 16.6. The minimum Gasteiger partial charge on any atom is -0.491 e. The van der Waals surface area contributed by atoms with Crippen molar-refractivity contribution in [2.45, 2.75) is 6.10 Å². The van der Waals surface area contributed by atoms with E-state index in [0.717, 1.165) is 33.5 Å². The van der Waals surface area contributed by atoms with Crippen molar-refractivity contribution in [1.82, 2.24) is 20.3 Å². The molecule has 4 aromatic rings. The topological polar surface area (TPSA) is 102 Å². The molecule has 2 aromatic heterocycles. The fourth-order valence-electron chi connectivity index (χ4n) is 4.15. The molecule has 4 rings (SSSR count). The van der Waals surface area contributed by atoms with Crippen molar-refractivity contribution in [3.05, 3.63) is 66.9 Å². The van der Waals surface area contributed by atoms with Crippen molar-refractivity contribution in [2.75, 3.05) is 65.6 Å². The van der Waals surface area contributed by atoms with Gasteiger partial charge < -0.3 is 29.5 Å². The monoisotopic (exact) mass is 517 g/mol. The molecule has 1 unspecified atom stereocenters. The van der Waals surface area contributed by atoms with Gasteiger partial charge in [0.05, 0.1) is 24.4 Å². The number of ether oxygens (including phenoxy) is 3. The van der Waals surface area contributed by atoms with Gasteiger partial charge in [0, 0.05) is 62.6 Å². The van der Waals surface area contributed by atoms with E-state index in [2.05, 4.69) is 27.3 Å². The van der Waals surface area contributed by atoms with E-state index in [0.29, 0.717) is 44.4 Å². The van der Waals surface area contributed by atoms with E-state index in [1.807, 2.05) is 48.5 Å². The summed E-state index contributed by atoms with van der Waals surface area (Å²) in [5.74, 6) is 1.98. The molecule has 0 radical (unpaired) electrons. The molecule has 0 aliphatic carbocycles. The molecule has 1 atom stereocenters. The number of hydrogen-bond donors (Lipinski definition) is 2. The maximum absolute atomic E-state index is 10.0. The van der Waals surface area contributed by atoms with Gasteiger partial charge in [0.15, 0.2) is 5.82 Å². The summed E-state index contributed by atoms with van der Waals surface area (Å²) in [7, 11) is 5.17. The van der Waals surface area contributed by atoms with Crippen molar-refractivity contribution in [3.8, 4) is 28.4 Å². The lowest BCUT2D eigenvalue weighted by Gasteiger charge is -2.24. The zero-order valence-electron chi connectivity index (χ0n) is 22.1. The summed E-state index contributed by atoms with van der Waals surface area (Å²) in [5.41, 5.74) is 3.48. The molecule has 2 aromatic carbocycles. The Morgan fingerprint density at radius 2 is 1.74 bits per heavy atom. The number of fused-ring (bicyclic) bond motifs is 1. The van der Waals surface area contributed by atoms with Crippen molar-refractivity contribution in [2.24, 2.45) is 0 Å². The Balaban J connectivity index is 1.78. The summed E-state index contributed by atoms with van der Waals surface area (Å²) in [6.07, 6.45) is 1.18. The molecule has 0 amide bonds. The number of nitrogens with one attached hydrogen (secondary N) is 1. The standard InChI is InChI=1S/C29H35N5O4/c1-30-19-22(35)20-38-23-8-4-7-21(17-23)29-32-27(25-9-5-11-26-24(25)10-6-12-31-26)18-28(33-29)34(13-15-36-2)14-16-37-3/h4-12,17-18,22,30,35H,13-16,19-20H2,1-3H3. The van der Waals surface area contributed by atoms with Gasteiger partial charge in [-0.1, -0.05) is 30.3 Å². The highest BCUT2D eigenvalue weighted by molar-refractivity contribution is 5.94. The lowest BCUT2D eigenvalue weighted by molar-refractivity contribution is 0.108. The van der Waals surface area contributed by atoms with E-state index in [-0.39, 0.29) is 6.61 Å². The highest BCUT2D eigenvalue weighted by Gasteiger charge is 2.16. The average molecular weight is 518 g/mol. The van der Waals surface area contributed by atoms with E-state index in [1.54, 1.807) is 27.5 Å². The molecule has 9 heteroatoms. The Kier molecular flexibility index (Phi) is 9.94. The fourth-order valence-corrected chi connectivity index (χ4v) is 4.15. The SMILES string of the molecule is CNCC(O)COc1cccc(-c2nc(-c3cccc4ncccc34)cc(N(CCOC)CCOC)n2)c1. The third-order valence-corrected chi connectivity index (χ3v) is 6.06. The van der Waals surface area contributed by atoms with Crippen LogP contribution in [-0.4, -0.2) is 86.9 Å². The van der Waals surface area contributed by atoms with Crippen LogP contribution >= 0.6 is 0 Å². The average Bonchev–Trinajstić information content (AvgIpc) is 2.96. The molecule has 9 nitrogen and oxygen atoms in total. The summed E-state index contributed by atoms with van der Waals surface area (Å²) in [4.78, 5) is 16.6. The quantitative estimate of drug-likeness (QED) is 0.260. The number of likely N-dealkylation sites (N-methyl/N-ethyl adjacent to an activating group) is 1. The number of aliphatic hydroxyl groups excluding tert-OH is 1. The highest BCUT2D eigenvalue weighted by atomic mass is 16.5. The molecule has 38 heavy (non-hydrogen) atoms. The molecule has 0 aliphatic rings. The highest BCUT2D eigenvalue weighted by Crippen LogP contribution is 2.31. The zero-order chi connectivity index (χ0) is 26.7. The van der Waals surface area contributed by atoms with Gasteiger partial charge in [0.25, 0.3) is 0 Å². The minimum atomic E-state index is -0.607. The molecule has 0 fully saturated rings. The van der Waals surface area contributed by atoms with Crippen molar-refractivity contribution in [1.29, 1.82) is 0 Å². The lowest BCUT2D eigenvalue weighted by Crippen LogP contribution is -2.31. The van der Waals surface area contributed by atoms with Gasteiger partial charge in [-0.2, -0.15) is 0 Å². The number of aromatic nitrogens is 3. The number of nitrogens with zero attached hydrogens (tertiary/aromatic N) is 4. The summed E-state index contributed by atoms with van der Waals surface area (Å²) in [6, 6.07) is 19.6. The fraction of sp³-hybridized carbons (Fsp3) is 0.345. The second kappa shape index (κ2) is 13.8. The summed E-state index contributed by atoms with van der Waals surface area (Å²) >= 11 is 0. The van der Waals surface area contributed by atoms with Gasteiger partial charge in [-0.15, -0.1) is 0 Å². The Bertz CT molecular complexity index is 1310. The number of rotatable bonds is 14. The normalized spacial score (nSPS) is 12.0. The minimum absolute atomic E-state index is 0.182. The van der Waals surface area contributed by atoms with Gasteiger partial charge in [-0.3, -0.25) is 4.98 Å². The molecule has 2 N–H and O–H groups in total. The molecular weight excluding hydrogens is 482 g/mol. The molecule has 0 saturated heterocycles. The van der Waals surface area contributed by atoms with Crippen molar-refractivity contribution >= 4 is 16.7 Å². The van der Waals surface area contributed by atoms with Gasteiger partial charge >= 0.3 is 0 Å². The molecular formula is C29H35N5O4. The van der Waals surface area contributed by atoms with Crippen LogP contribution in [0.5, 0.6) is 5.75 Å². The first-order valence-electron chi connectivity index (χ1n) is 12.6. The first-order valence-corrected chi connectivity index (χ1v) is 12.6. The first kappa shape index (κ1) is 27.4. The van der Waals surface area contributed by atoms with Crippen LogP contribution in [0, 0.1) is 0 Å². The van der Waals surface area contributed by atoms with Gasteiger partial charge in [-0.05, 0) is 31.3 Å². The van der Waals surface area contributed by atoms with Crippen LogP contribution in [0.25, 0.3) is 33.5 Å². The Hall–Kier alpha value is -3.63. The number of methoxy groups -OCH3 is 2. The van der Waals surface area contributed by atoms with Crippen LogP contribution in [0.3, 0.4) is 0 Å². The Morgan fingerprint density at radius 3 is 2.50 bits per heavy atom. The second-order valence-corrected chi connectivity index (χ2v) is 8.83. The van der Waals surface area contributed by atoms with Crippen LogP contribution in [-0.2, 0) is 9.47 Å². The third kappa shape index (κ3) is 7.02. The van der Waals surface area contributed by atoms with E-state index < -0.39 is 6.10 Å². The molecule has 0 spiro atoms. The van der Waals surface area contributed by atoms with Crippen molar-refractivity contribution in [3.63, 3.8) is 0 Å². The number of aliphatic hydroxyl groups is 1. The number of pyridine rings is 1. The lowest BCUT2D eigenvalue weighted by atomic mass is 10.0. The number of hydrogen-bond acceptors (Lipinski definition) is 9.